The van der Waals surface area contributed by atoms with Gasteiger partial charge in [-0.25, -0.2) is 9.97 Å². The van der Waals surface area contributed by atoms with Gasteiger partial charge in [-0.1, -0.05) is 43.0 Å². The number of nitrogens with zero attached hydrogens (tertiary/aromatic N) is 4. The zero-order valence-electron chi connectivity index (χ0n) is 17.6. The van der Waals surface area contributed by atoms with Crippen molar-refractivity contribution in [2.45, 2.75) is 44.8 Å². The maximum atomic E-state index is 4.41. The molecule has 152 valence electrons. The third-order valence-corrected chi connectivity index (χ3v) is 6.48. The third-order valence-electron chi connectivity index (χ3n) is 5.90. The molecule has 5 heteroatoms. The van der Waals surface area contributed by atoms with Gasteiger partial charge >= 0.3 is 0 Å². The molecule has 1 saturated heterocycles. The van der Waals surface area contributed by atoms with Crippen molar-refractivity contribution in [1.82, 2.24) is 19.8 Å². The number of thioether (sulfide) groups is 1. The van der Waals surface area contributed by atoms with Gasteiger partial charge in [-0.2, -0.15) is 0 Å². The fourth-order valence-corrected chi connectivity index (χ4v) is 4.34. The minimum atomic E-state index is 0.807. The van der Waals surface area contributed by atoms with Crippen molar-refractivity contribution in [3.63, 3.8) is 0 Å². The molecule has 0 N–H and O–H groups in total. The van der Waals surface area contributed by atoms with E-state index in [-0.39, 0.29) is 0 Å². The quantitative estimate of drug-likeness (QED) is 0.465. The first-order chi connectivity index (χ1) is 13.7. The summed E-state index contributed by atoms with van der Waals surface area (Å²) >= 11 is 1.59. The molecule has 0 radical (unpaired) electrons. The second kappa shape index (κ2) is 10.9. The summed E-state index contributed by atoms with van der Waals surface area (Å²) in [6, 6.07) is 8.79. The van der Waals surface area contributed by atoms with Crippen LogP contribution in [0.5, 0.6) is 0 Å². The second-order valence-electron chi connectivity index (χ2n) is 7.87. The molecule has 1 aromatic heterocycles. The molecule has 0 aliphatic carbocycles. The van der Waals surface area contributed by atoms with Gasteiger partial charge < -0.3 is 4.90 Å². The number of aryl methyl sites for hydroxylation is 1. The van der Waals surface area contributed by atoms with Gasteiger partial charge in [-0.15, -0.1) is 0 Å². The topological polar surface area (TPSA) is 32.3 Å². The van der Waals surface area contributed by atoms with E-state index in [0.29, 0.717) is 0 Å². The Morgan fingerprint density at radius 2 is 1.86 bits per heavy atom. The van der Waals surface area contributed by atoms with E-state index in [1.807, 2.05) is 18.6 Å². The molecule has 3 rings (SSSR count). The minimum Gasteiger partial charge on any atom is -0.303 e. The molecule has 1 aliphatic heterocycles. The monoisotopic (exact) mass is 398 g/mol. The molecule has 28 heavy (non-hydrogen) atoms. The second-order valence-corrected chi connectivity index (χ2v) is 8.64. The van der Waals surface area contributed by atoms with Crippen LogP contribution in [-0.2, 0) is 13.0 Å². The largest absolute Gasteiger partial charge is 0.303 e. The highest BCUT2D eigenvalue weighted by atomic mass is 32.2. The summed E-state index contributed by atoms with van der Waals surface area (Å²) in [6.07, 6.45) is 9.77. The molecule has 0 atom stereocenters. The Bertz CT molecular complexity index is 711. The lowest BCUT2D eigenvalue weighted by Crippen LogP contribution is -2.39. The van der Waals surface area contributed by atoms with Gasteiger partial charge in [0, 0.05) is 37.6 Å². The summed E-state index contributed by atoms with van der Waals surface area (Å²) in [4.78, 5) is 14.0. The van der Waals surface area contributed by atoms with Crippen LogP contribution in [0.1, 0.15) is 36.5 Å². The lowest BCUT2D eigenvalue weighted by Gasteiger charge is -2.34. The zero-order valence-corrected chi connectivity index (χ0v) is 18.4. The lowest BCUT2D eigenvalue weighted by atomic mass is 9.95. The predicted molar refractivity (Wildman–Crippen MR) is 119 cm³/mol. The van der Waals surface area contributed by atoms with Crippen molar-refractivity contribution >= 4 is 11.8 Å². The number of hydrogen-bond acceptors (Lipinski definition) is 5. The molecule has 0 spiro atoms. The summed E-state index contributed by atoms with van der Waals surface area (Å²) in [5.74, 6) is 0.807. The molecule has 4 nitrogen and oxygen atoms in total. The van der Waals surface area contributed by atoms with Crippen LogP contribution in [0.25, 0.3) is 0 Å². The van der Waals surface area contributed by atoms with Crippen LogP contribution in [0, 0.1) is 12.8 Å². The maximum Gasteiger partial charge on any atom is 0.187 e. The fraction of sp³-hybridized carbons (Fsp3) is 0.565. The molecule has 0 unspecified atom stereocenters. The number of rotatable bonds is 9. The Balaban J connectivity index is 1.41. The third kappa shape index (κ3) is 6.29. The van der Waals surface area contributed by atoms with Gasteiger partial charge in [0.2, 0.25) is 0 Å². The standard InChI is InChI=1S/C23H34N4S/c1-4-26(18-21-15-24-23(28-3)25-16-21)17-20-9-12-27(13-10-20)14-11-22-8-6-5-7-19(22)2/h5-8,15-16,20H,4,9-14,17-18H2,1-3H3. The zero-order chi connectivity index (χ0) is 19.8. The van der Waals surface area contributed by atoms with Crippen LogP contribution < -0.4 is 0 Å². The molecule has 2 aromatic rings. The van der Waals surface area contributed by atoms with E-state index in [1.54, 1.807) is 11.8 Å². The smallest absolute Gasteiger partial charge is 0.187 e. The van der Waals surface area contributed by atoms with Crippen molar-refractivity contribution < 1.29 is 0 Å². The normalized spacial score (nSPS) is 16.0. The van der Waals surface area contributed by atoms with Gasteiger partial charge in [0.1, 0.15) is 0 Å². The fourth-order valence-electron chi connectivity index (χ4n) is 4.02. The van der Waals surface area contributed by atoms with E-state index >= 15 is 0 Å². The van der Waals surface area contributed by atoms with Gasteiger partial charge in [-0.3, -0.25) is 4.90 Å². The predicted octanol–water partition coefficient (Wildman–Crippen LogP) is 4.28. The molecule has 1 aromatic carbocycles. The van der Waals surface area contributed by atoms with Crippen LogP contribution in [0.3, 0.4) is 0 Å². The SMILES string of the molecule is CCN(Cc1cnc(SC)nc1)CC1CCN(CCc2ccccc2C)CC1. The summed E-state index contributed by atoms with van der Waals surface area (Å²) < 4.78 is 0. The molecule has 1 fully saturated rings. The molecule has 2 heterocycles. The summed E-state index contributed by atoms with van der Waals surface area (Å²) in [7, 11) is 0. The van der Waals surface area contributed by atoms with Crippen LogP contribution in [0.2, 0.25) is 0 Å². The molecule has 0 saturated carbocycles. The van der Waals surface area contributed by atoms with E-state index in [4.69, 9.17) is 0 Å². The Hall–Kier alpha value is -1.43. The van der Waals surface area contributed by atoms with Crippen molar-refractivity contribution in [3.05, 3.63) is 53.3 Å². The van der Waals surface area contributed by atoms with Crippen LogP contribution in [0.15, 0.2) is 41.8 Å². The molecule has 0 bridgehead atoms. The van der Waals surface area contributed by atoms with Crippen LogP contribution in [0.4, 0.5) is 0 Å². The average Bonchev–Trinajstić information content (AvgIpc) is 2.74. The van der Waals surface area contributed by atoms with Gasteiger partial charge in [0.05, 0.1) is 0 Å². The first kappa shape index (κ1) is 21.3. The van der Waals surface area contributed by atoms with Crippen LogP contribution >= 0.6 is 11.8 Å². The van der Waals surface area contributed by atoms with Crippen LogP contribution in [-0.4, -0.2) is 58.7 Å². The first-order valence-electron chi connectivity index (χ1n) is 10.5. The molecule has 0 amide bonds. The summed E-state index contributed by atoms with van der Waals surface area (Å²) in [5, 5.41) is 0.852. The number of likely N-dealkylation sites (tertiary alicyclic amines) is 1. The van der Waals surface area contributed by atoms with Crippen molar-refractivity contribution in [3.8, 4) is 0 Å². The van der Waals surface area contributed by atoms with Crippen molar-refractivity contribution in [2.24, 2.45) is 5.92 Å². The number of hydrogen-bond donors (Lipinski definition) is 0. The first-order valence-corrected chi connectivity index (χ1v) is 11.7. The van der Waals surface area contributed by atoms with E-state index in [0.717, 1.165) is 24.2 Å². The number of benzene rings is 1. The maximum absolute atomic E-state index is 4.41. The van der Waals surface area contributed by atoms with Gasteiger partial charge in [0.15, 0.2) is 5.16 Å². The Kier molecular flexibility index (Phi) is 8.31. The van der Waals surface area contributed by atoms with Crippen molar-refractivity contribution in [1.29, 1.82) is 0 Å². The Morgan fingerprint density at radius 3 is 2.50 bits per heavy atom. The molecular weight excluding hydrogens is 364 g/mol. The minimum absolute atomic E-state index is 0.807. The van der Waals surface area contributed by atoms with Gasteiger partial charge in [-0.05, 0) is 69.1 Å². The average molecular weight is 399 g/mol. The number of aromatic nitrogens is 2. The van der Waals surface area contributed by atoms with E-state index < -0.39 is 0 Å². The van der Waals surface area contributed by atoms with E-state index in [9.17, 15) is 0 Å². The molecular formula is C23H34N4S. The Labute approximate surface area is 174 Å². The summed E-state index contributed by atoms with van der Waals surface area (Å²) in [5.41, 5.74) is 4.14. The molecule has 1 aliphatic rings. The number of piperidine rings is 1. The highest BCUT2D eigenvalue weighted by molar-refractivity contribution is 7.98. The highest BCUT2D eigenvalue weighted by Gasteiger charge is 2.21. The lowest BCUT2D eigenvalue weighted by molar-refractivity contribution is 0.143. The van der Waals surface area contributed by atoms with Gasteiger partial charge in [0.25, 0.3) is 0 Å². The Morgan fingerprint density at radius 1 is 1.14 bits per heavy atom. The van der Waals surface area contributed by atoms with Crippen molar-refractivity contribution in [2.75, 3.05) is 39.0 Å². The van der Waals surface area contributed by atoms with E-state index in [2.05, 4.69) is 57.9 Å². The summed E-state index contributed by atoms with van der Waals surface area (Å²) in [6.45, 7) is 11.4. The van der Waals surface area contributed by atoms with E-state index in [1.165, 1.54) is 62.1 Å². The highest BCUT2D eigenvalue weighted by Crippen LogP contribution is 2.20.